The summed E-state index contributed by atoms with van der Waals surface area (Å²) in [7, 11) is 0. The van der Waals surface area contributed by atoms with E-state index < -0.39 is 0 Å². The molecule has 0 aromatic heterocycles. The van der Waals surface area contributed by atoms with E-state index in [0.29, 0.717) is 5.56 Å². The molecular weight excluding hydrogens is 262 g/mol. The Labute approximate surface area is 123 Å². The standard InChI is InChI=1S/C17H15N3O/c18-11-13-3-1-2-4-16(13)19-14-7-9-15(10-8-14)20-17(21)12-5-6-12/h1-4,7-10,12,19H,5-6H2,(H,20,21). The Kier molecular flexibility index (Phi) is 3.57. The molecule has 2 N–H and O–H groups in total. The Bertz CT molecular complexity index is 697. The van der Waals surface area contributed by atoms with Crippen molar-refractivity contribution in [2.24, 2.45) is 5.92 Å². The second-order valence-corrected chi connectivity index (χ2v) is 5.12. The first-order chi connectivity index (χ1) is 10.3. The molecule has 1 amide bonds. The summed E-state index contributed by atoms with van der Waals surface area (Å²) in [5.41, 5.74) is 3.05. The molecule has 0 aliphatic heterocycles. The molecule has 0 bridgehead atoms. The first kappa shape index (κ1) is 13.2. The number of anilines is 3. The van der Waals surface area contributed by atoms with E-state index >= 15 is 0 Å². The van der Waals surface area contributed by atoms with E-state index in [2.05, 4.69) is 16.7 Å². The van der Waals surface area contributed by atoms with Gasteiger partial charge >= 0.3 is 0 Å². The van der Waals surface area contributed by atoms with E-state index in [1.54, 1.807) is 6.07 Å². The van der Waals surface area contributed by atoms with Gasteiger partial charge in [0.25, 0.3) is 0 Å². The lowest BCUT2D eigenvalue weighted by Gasteiger charge is -2.09. The van der Waals surface area contributed by atoms with E-state index in [1.807, 2.05) is 42.5 Å². The van der Waals surface area contributed by atoms with Gasteiger partial charge in [0, 0.05) is 17.3 Å². The van der Waals surface area contributed by atoms with Crippen molar-refractivity contribution in [3.63, 3.8) is 0 Å². The number of nitriles is 1. The Balaban J connectivity index is 1.69. The van der Waals surface area contributed by atoms with Crippen LogP contribution in [0.3, 0.4) is 0 Å². The third-order valence-corrected chi connectivity index (χ3v) is 3.43. The Morgan fingerprint density at radius 2 is 1.71 bits per heavy atom. The fourth-order valence-corrected chi connectivity index (χ4v) is 2.07. The first-order valence-corrected chi connectivity index (χ1v) is 6.93. The van der Waals surface area contributed by atoms with Gasteiger partial charge in [-0.2, -0.15) is 5.26 Å². The number of para-hydroxylation sites is 1. The van der Waals surface area contributed by atoms with E-state index in [0.717, 1.165) is 29.9 Å². The highest BCUT2D eigenvalue weighted by atomic mass is 16.2. The average molecular weight is 277 g/mol. The molecule has 0 heterocycles. The molecule has 0 radical (unpaired) electrons. The van der Waals surface area contributed by atoms with E-state index in [-0.39, 0.29) is 11.8 Å². The van der Waals surface area contributed by atoms with Crippen LogP contribution in [0.5, 0.6) is 0 Å². The van der Waals surface area contributed by atoms with Crippen molar-refractivity contribution in [1.29, 1.82) is 5.26 Å². The Morgan fingerprint density at radius 3 is 2.38 bits per heavy atom. The van der Waals surface area contributed by atoms with Crippen molar-refractivity contribution in [3.8, 4) is 6.07 Å². The summed E-state index contributed by atoms with van der Waals surface area (Å²) in [4.78, 5) is 11.7. The maximum Gasteiger partial charge on any atom is 0.227 e. The number of hydrogen-bond donors (Lipinski definition) is 2. The Hall–Kier alpha value is -2.80. The smallest absolute Gasteiger partial charge is 0.227 e. The van der Waals surface area contributed by atoms with Crippen molar-refractivity contribution in [1.82, 2.24) is 0 Å². The SMILES string of the molecule is N#Cc1ccccc1Nc1ccc(NC(=O)C2CC2)cc1. The monoisotopic (exact) mass is 277 g/mol. The molecule has 1 aliphatic rings. The zero-order valence-electron chi connectivity index (χ0n) is 11.5. The summed E-state index contributed by atoms with van der Waals surface area (Å²) in [5, 5.41) is 15.2. The van der Waals surface area contributed by atoms with Crippen LogP contribution in [0.1, 0.15) is 18.4 Å². The lowest BCUT2D eigenvalue weighted by Crippen LogP contribution is -2.13. The second-order valence-electron chi connectivity index (χ2n) is 5.12. The van der Waals surface area contributed by atoms with Crippen molar-refractivity contribution in [3.05, 3.63) is 54.1 Å². The molecule has 4 heteroatoms. The summed E-state index contributed by atoms with van der Waals surface area (Å²) >= 11 is 0. The normalized spacial score (nSPS) is 13.3. The van der Waals surface area contributed by atoms with Crippen LogP contribution in [0.15, 0.2) is 48.5 Å². The number of nitrogens with one attached hydrogen (secondary N) is 2. The van der Waals surface area contributed by atoms with Crippen molar-refractivity contribution in [2.45, 2.75) is 12.8 Å². The molecule has 3 rings (SSSR count). The molecule has 4 nitrogen and oxygen atoms in total. The molecule has 1 saturated carbocycles. The number of amides is 1. The van der Waals surface area contributed by atoms with Gasteiger partial charge in [-0.1, -0.05) is 12.1 Å². The maximum atomic E-state index is 11.7. The van der Waals surface area contributed by atoms with Gasteiger partial charge in [-0.05, 0) is 49.2 Å². The van der Waals surface area contributed by atoms with E-state index in [1.165, 1.54) is 0 Å². The molecule has 1 fully saturated rings. The lowest BCUT2D eigenvalue weighted by molar-refractivity contribution is -0.117. The molecule has 104 valence electrons. The van der Waals surface area contributed by atoms with Gasteiger partial charge in [-0.25, -0.2) is 0 Å². The topological polar surface area (TPSA) is 64.9 Å². The van der Waals surface area contributed by atoms with Crippen LogP contribution >= 0.6 is 0 Å². The number of carbonyl (C=O) groups is 1. The van der Waals surface area contributed by atoms with Crippen molar-refractivity contribution in [2.75, 3.05) is 10.6 Å². The molecule has 0 spiro atoms. The third-order valence-electron chi connectivity index (χ3n) is 3.43. The van der Waals surface area contributed by atoms with Crippen molar-refractivity contribution >= 4 is 23.0 Å². The maximum absolute atomic E-state index is 11.7. The summed E-state index contributed by atoms with van der Waals surface area (Å²) in [6.45, 7) is 0. The van der Waals surface area contributed by atoms with Crippen molar-refractivity contribution < 1.29 is 4.79 Å². The molecule has 0 unspecified atom stereocenters. The van der Waals surface area contributed by atoms with E-state index in [4.69, 9.17) is 5.26 Å². The summed E-state index contributed by atoms with van der Waals surface area (Å²) in [6, 6.07) is 17.0. The minimum absolute atomic E-state index is 0.102. The minimum Gasteiger partial charge on any atom is -0.354 e. The molecule has 2 aromatic rings. The van der Waals surface area contributed by atoms with Crippen LogP contribution in [0, 0.1) is 17.2 Å². The number of hydrogen-bond acceptors (Lipinski definition) is 3. The molecular formula is C17H15N3O. The summed E-state index contributed by atoms with van der Waals surface area (Å²) in [5.74, 6) is 0.302. The first-order valence-electron chi connectivity index (χ1n) is 6.93. The number of nitrogens with zero attached hydrogens (tertiary/aromatic N) is 1. The van der Waals surface area contributed by atoms with Gasteiger partial charge in [0.2, 0.25) is 5.91 Å². The summed E-state index contributed by atoms with van der Waals surface area (Å²) < 4.78 is 0. The highest BCUT2D eigenvalue weighted by Crippen LogP contribution is 2.30. The van der Waals surface area contributed by atoms with Gasteiger partial charge in [-0.15, -0.1) is 0 Å². The van der Waals surface area contributed by atoms with Crippen LogP contribution in [-0.4, -0.2) is 5.91 Å². The van der Waals surface area contributed by atoms with E-state index in [9.17, 15) is 4.79 Å². The fraction of sp³-hybridized carbons (Fsp3) is 0.176. The molecule has 0 atom stereocenters. The predicted octanol–water partition coefficient (Wildman–Crippen LogP) is 3.65. The van der Waals surface area contributed by atoms with Gasteiger partial charge in [0.05, 0.1) is 11.3 Å². The minimum atomic E-state index is 0.102. The average Bonchev–Trinajstić information content (AvgIpc) is 3.34. The van der Waals surface area contributed by atoms with Crippen LogP contribution in [0.2, 0.25) is 0 Å². The van der Waals surface area contributed by atoms with Crippen LogP contribution in [0.4, 0.5) is 17.1 Å². The predicted molar refractivity (Wildman–Crippen MR) is 82.2 cm³/mol. The van der Waals surface area contributed by atoms with Crippen LogP contribution in [-0.2, 0) is 4.79 Å². The zero-order chi connectivity index (χ0) is 14.7. The second kappa shape index (κ2) is 5.68. The molecule has 2 aromatic carbocycles. The summed E-state index contributed by atoms with van der Waals surface area (Å²) in [6.07, 6.45) is 1.99. The number of benzene rings is 2. The number of rotatable bonds is 4. The molecule has 1 aliphatic carbocycles. The Morgan fingerprint density at radius 1 is 1.05 bits per heavy atom. The highest BCUT2D eigenvalue weighted by molar-refractivity contribution is 5.94. The lowest BCUT2D eigenvalue weighted by atomic mass is 10.2. The van der Waals surface area contributed by atoms with Gasteiger partial charge < -0.3 is 10.6 Å². The van der Waals surface area contributed by atoms with Crippen LogP contribution in [0.25, 0.3) is 0 Å². The van der Waals surface area contributed by atoms with Crippen LogP contribution < -0.4 is 10.6 Å². The quantitative estimate of drug-likeness (QED) is 0.896. The molecule has 0 saturated heterocycles. The van der Waals surface area contributed by atoms with Gasteiger partial charge in [0.15, 0.2) is 0 Å². The van der Waals surface area contributed by atoms with Gasteiger partial charge in [-0.3, -0.25) is 4.79 Å². The fourth-order valence-electron chi connectivity index (χ4n) is 2.07. The largest absolute Gasteiger partial charge is 0.354 e. The zero-order valence-corrected chi connectivity index (χ0v) is 11.5. The third kappa shape index (κ3) is 3.21. The number of carbonyl (C=O) groups excluding carboxylic acids is 1. The van der Waals surface area contributed by atoms with Gasteiger partial charge in [0.1, 0.15) is 6.07 Å². The molecule has 21 heavy (non-hydrogen) atoms. The highest BCUT2D eigenvalue weighted by Gasteiger charge is 2.29.